The molecule has 0 saturated carbocycles. The van der Waals surface area contributed by atoms with Crippen molar-refractivity contribution < 1.29 is 14.3 Å². The van der Waals surface area contributed by atoms with Crippen LogP contribution in [0.25, 0.3) is 0 Å². The SMILES string of the molecule is COc1cc(CNC(C)C)ccc1OC(C)C(=O)N(C)C. The van der Waals surface area contributed by atoms with Gasteiger partial charge in [0.15, 0.2) is 17.6 Å². The minimum absolute atomic E-state index is 0.0809. The molecule has 0 aliphatic heterocycles. The number of amides is 1. The number of benzene rings is 1. The zero-order valence-electron chi connectivity index (χ0n) is 13.8. The summed E-state index contributed by atoms with van der Waals surface area (Å²) in [6.45, 7) is 6.70. The van der Waals surface area contributed by atoms with E-state index < -0.39 is 6.10 Å². The number of rotatable bonds is 7. The highest BCUT2D eigenvalue weighted by Crippen LogP contribution is 2.29. The van der Waals surface area contributed by atoms with Crippen LogP contribution >= 0.6 is 0 Å². The molecule has 1 N–H and O–H groups in total. The first-order valence-corrected chi connectivity index (χ1v) is 7.13. The number of hydrogen-bond acceptors (Lipinski definition) is 4. The number of methoxy groups -OCH3 is 1. The predicted molar refractivity (Wildman–Crippen MR) is 83.8 cm³/mol. The number of hydrogen-bond donors (Lipinski definition) is 1. The topological polar surface area (TPSA) is 50.8 Å². The van der Waals surface area contributed by atoms with Crippen molar-refractivity contribution in [2.45, 2.75) is 39.5 Å². The summed E-state index contributed by atoms with van der Waals surface area (Å²) in [5, 5.41) is 3.35. The summed E-state index contributed by atoms with van der Waals surface area (Å²) in [5.74, 6) is 1.13. The van der Waals surface area contributed by atoms with E-state index in [9.17, 15) is 4.79 Å². The van der Waals surface area contributed by atoms with Crippen molar-refractivity contribution in [3.63, 3.8) is 0 Å². The molecule has 0 spiro atoms. The summed E-state index contributed by atoms with van der Waals surface area (Å²) in [7, 11) is 5.01. The van der Waals surface area contributed by atoms with Crippen molar-refractivity contribution in [3.8, 4) is 11.5 Å². The molecule has 1 amide bonds. The Kier molecular flexibility index (Phi) is 6.49. The van der Waals surface area contributed by atoms with E-state index >= 15 is 0 Å². The Balaban J connectivity index is 2.81. The van der Waals surface area contributed by atoms with Gasteiger partial charge in [-0.15, -0.1) is 0 Å². The number of likely N-dealkylation sites (N-methyl/N-ethyl adjacent to an activating group) is 1. The van der Waals surface area contributed by atoms with Gasteiger partial charge in [0.1, 0.15) is 0 Å². The van der Waals surface area contributed by atoms with E-state index in [1.807, 2.05) is 18.2 Å². The molecule has 1 rings (SSSR count). The van der Waals surface area contributed by atoms with Crippen LogP contribution in [0.2, 0.25) is 0 Å². The summed E-state index contributed by atoms with van der Waals surface area (Å²) >= 11 is 0. The third-order valence-electron chi connectivity index (χ3n) is 3.03. The Bertz CT molecular complexity index is 473. The molecule has 0 radical (unpaired) electrons. The Hall–Kier alpha value is -1.75. The quantitative estimate of drug-likeness (QED) is 0.836. The highest BCUT2D eigenvalue weighted by molar-refractivity contribution is 5.80. The van der Waals surface area contributed by atoms with Gasteiger partial charge >= 0.3 is 0 Å². The fourth-order valence-corrected chi connectivity index (χ4v) is 1.85. The zero-order chi connectivity index (χ0) is 16.0. The molecule has 0 fully saturated rings. The smallest absolute Gasteiger partial charge is 0.262 e. The van der Waals surface area contributed by atoms with E-state index in [2.05, 4.69) is 19.2 Å². The van der Waals surface area contributed by atoms with Crippen LogP contribution in [-0.2, 0) is 11.3 Å². The number of carbonyl (C=O) groups excluding carboxylic acids is 1. The van der Waals surface area contributed by atoms with Gasteiger partial charge in [0.05, 0.1) is 7.11 Å². The molecule has 1 unspecified atom stereocenters. The summed E-state index contributed by atoms with van der Waals surface area (Å²) in [4.78, 5) is 13.4. The largest absolute Gasteiger partial charge is 0.493 e. The molecule has 21 heavy (non-hydrogen) atoms. The monoisotopic (exact) mass is 294 g/mol. The highest BCUT2D eigenvalue weighted by Gasteiger charge is 2.18. The minimum atomic E-state index is -0.548. The van der Waals surface area contributed by atoms with Crippen LogP contribution < -0.4 is 14.8 Å². The van der Waals surface area contributed by atoms with E-state index in [0.717, 1.165) is 12.1 Å². The lowest BCUT2D eigenvalue weighted by Gasteiger charge is -2.20. The van der Waals surface area contributed by atoms with Crippen LogP contribution in [0.5, 0.6) is 11.5 Å². The molecule has 0 bridgehead atoms. The van der Waals surface area contributed by atoms with Gasteiger partial charge in [-0.2, -0.15) is 0 Å². The van der Waals surface area contributed by atoms with Gasteiger partial charge in [0.2, 0.25) is 0 Å². The molecule has 0 heterocycles. The van der Waals surface area contributed by atoms with Crippen LogP contribution in [0.3, 0.4) is 0 Å². The van der Waals surface area contributed by atoms with Gasteiger partial charge in [-0.05, 0) is 24.6 Å². The molecule has 1 aromatic carbocycles. The maximum absolute atomic E-state index is 11.8. The molecule has 0 aliphatic rings. The molecule has 0 aromatic heterocycles. The van der Waals surface area contributed by atoms with E-state index in [1.165, 1.54) is 4.90 Å². The molecule has 118 valence electrons. The first-order valence-electron chi connectivity index (χ1n) is 7.13. The van der Waals surface area contributed by atoms with Gasteiger partial charge < -0.3 is 19.7 Å². The zero-order valence-corrected chi connectivity index (χ0v) is 13.8. The molecule has 0 aliphatic carbocycles. The fourth-order valence-electron chi connectivity index (χ4n) is 1.85. The molecule has 5 heteroatoms. The molecule has 5 nitrogen and oxygen atoms in total. The molecule has 0 saturated heterocycles. The molecule has 1 atom stereocenters. The van der Waals surface area contributed by atoms with E-state index in [4.69, 9.17) is 9.47 Å². The maximum Gasteiger partial charge on any atom is 0.262 e. The van der Waals surface area contributed by atoms with Crippen molar-refractivity contribution in [1.82, 2.24) is 10.2 Å². The molecular formula is C16H26N2O3. The number of nitrogens with zero attached hydrogens (tertiary/aromatic N) is 1. The van der Waals surface area contributed by atoms with E-state index in [-0.39, 0.29) is 5.91 Å². The first kappa shape index (κ1) is 17.3. The predicted octanol–water partition coefficient (Wildman–Crippen LogP) is 2.05. The summed E-state index contributed by atoms with van der Waals surface area (Å²) in [6, 6.07) is 6.16. The third-order valence-corrected chi connectivity index (χ3v) is 3.03. The van der Waals surface area contributed by atoms with Crippen molar-refractivity contribution in [2.24, 2.45) is 0 Å². The van der Waals surface area contributed by atoms with Crippen molar-refractivity contribution in [2.75, 3.05) is 21.2 Å². The van der Waals surface area contributed by atoms with Gasteiger partial charge in [0.25, 0.3) is 5.91 Å². The second kappa shape index (κ2) is 7.88. The van der Waals surface area contributed by atoms with Gasteiger partial charge in [-0.1, -0.05) is 19.9 Å². The second-order valence-corrected chi connectivity index (χ2v) is 5.51. The van der Waals surface area contributed by atoms with Gasteiger partial charge in [0, 0.05) is 26.7 Å². The summed E-state index contributed by atoms with van der Waals surface area (Å²) in [6.07, 6.45) is -0.548. The lowest BCUT2D eigenvalue weighted by Crippen LogP contribution is -2.35. The Labute approximate surface area is 127 Å². The van der Waals surface area contributed by atoms with Crippen molar-refractivity contribution in [1.29, 1.82) is 0 Å². The van der Waals surface area contributed by atoms with Gasteiger partial charge in [-0.3, -0.25) is 4.79 Å². The van der Waals surface area contributed by atoms with Crippen LogP contribution in [-0.4, -0.2) is 44.2 Å². The summed E-state index contributed by atoms with van der Waals surface area (Å²) in [5.41, 5.74) is 1.11. The van der Waals surface area contributed by atoms with Crippen molar-refractivity contribution in [3.05, 3.63) is 23.8 Å². The minimum Gasteiger partial charge on any atom is -0.493 e. The number of nitrogens with one attached hydrogen (secondary N) is 1. The van der Waals surface area contributed by atoms with Crippen LogP contribution in [0.15, 0.2) is 18.2 Å². The lowest BCUT2D eigenvalue weighted by molar-refractivity contribution is -0.135. The molecular weight excluding hydrogens is 268 g/mol. The maximum atomic E-state index is 11.8. The van der Waals surface area contributed by atoms with E-state index in [1.54, 1.807) is 28.1 Å². The highest BCUT2D eigenvalue weighted by atomic mass is 16.5. The number of ether oxygens (including phenoxy) is 2. The van der Waals surface area contributed by atoms with Crippen LogP contribution in [0.1, 0.15) is 26.3 Å². The van der Waals surface area contributed by atoms with Crippen LogP contribution in [0, 0.1) is 0 Å². The average molecular weight is 294 g/mol. The standard InChI is InChI=1S/C16H26N2O3/c1-11(2)17-10-13-7-8-14(15(9-13)20-6)21-12(3)16(19)18(4)5/h7-9,11-12,17H,10H2,1-6H3. The van der Waals surface area contributed by atoms with E-state index in [0.29, 0.717) is 17.5 Å². The summed E-state index contributed by atoms with van der Waals surface area (Å²) < 4.78 is 11.1. The number of carbonyl (C=O) groups is 1. The Morgan fingerprint density at radius 1 is 1.24 bits per heavy atom. The second-order valence-electron chi connectivity index (χ2n) is 5.51. The lowest BCUT2D eigenvalue weighted by atomic mass is 10.2. The Morgan fingerprint density at radius 2 is 1.90 bits per heavy atom. The van der Waals surface area contributed by atoms with Crippen LogP contribution in [0.4, 0.5) is 0 Å². The Morgan fingerprint density at radius 3 is 2.43 bits per heavy atom. The average Bonchev–Trinajstić information content (AvgIpc) is 2.44. The van der Waals surface area contributed by atoms with Crippen molar-refractivity contribution >= 4 is 5.91 Å². The first-order chi connectivity index (χ1) is 9.85. The normalized spacial score (nSPS) is 12.1. The fraction of sp³-hybridized carbons (Fsp3) is 0.562. The third kappa shape index (κ3) is 5.27. The molecule has 1 aromatic rings. The van der Waals surface area contributed by atoms with Gasteiger partial charge in [-0.25, -0.2) is 0 Å².